The summed E-state index contributed by atoms with van der Waals surface area (Å²) in [7, 11) is 0. The van der Waals surface area contributed by atoms with Gasteiger partial charge in [0.1, 0.15) is 0 Å². The molecule has 7 nitrogen and oxygen atoms in total. The topological polar surface area (TPSA) is 113 Å². The number of nitrogens with one attached hydrogen (secondary N) is 1. The summed E-state index contributed by atoms with van der Waals surface area (Å²) in [6, 6.07) is -0.279. The van der Waals surface area contributed by atoms with Crippen molar-refractivity contribution < 1.29 is 19.5 Å². The van der Waals surface area contributed by atoms with Crippen molar-refractivity contribution in [3.63, 3.8) is 0 Å². The fourth-order valence-corrected chi connectivity index (χ4v) is 3.33. The molecule has 4 N–H and O–H groups in total. The Balaban J connectivity index is 1.88. The number of urea groups is 1. The minimum atomic E-state index is -0.853. The number of nitrogens with zero attached hydrogens (tertiary/aromatic N) is 1. The second kappa shape index (κ2) is 6.32. The predicted octanol–water partition coefficient (Wildman–Crippen LogP) is 0.393. The lowest BCUT2D eigenvalue weighted by atomic mass is 9.91. The number of hydrogen-bond acceptors (Lipinski definition) is 3. The van der Waals surface area contributed by atoms with Crippen molar-refractivity contribution in [3.8, 4) is 0 Å². The summed E-state index contributed by atoms with van der Waals surface area (Å²) in [5.74, 6) is -1.66. The molecular formula is C14H23N3O4. The fraction of sp³-hybridized carbons (Fsp3) is 0.786. The minimum Gasteiger partial charge on any atom is -0.481 e. The lowest BCUT2D eigenvalue weighted by Crippen LogP contribution is -2.51. The smallest absolute Gasteiger partial charge is 0.317 e. The van der Waals surface area contributed by atoms with Crippen LogP contribution in [-0.4, -0.2) is 47.0 Å². The van der Waals surface area contributed by atoms with Crippen molar-refractivity contribution >= 4 is 17.9 Å². The van der Waals surface area contributed by atoms with Gasteiger partial charge in [0.2, 0.25) is 5.91 Å². The lowest BCUT2D eigenvalue weighted by Gasteiger charge is -2.35. The van der Waals surface area contributed by atoms with Crippen LogP contribution in [0.5, 0.6) is 0 Å². The number of primary amides is 1. The van der Waals surface area contributed by atoms with Crippen molar-refractivity contribution in [1.82, 2.24) is 10.2 Å². The molecule has 2 rings (SSSR count). The zero-order chi connectivity index (χ0) is 15.6. The number of carboxylic acid groups (broad SMARTS) is 1. The Morgan fingerprint density at radius 1 is 1.14 bits per heavy atom. The second-order valence-electron chi connectivity index (χ2n) is 6.34. The van der Waals surface area contributed by atoms with Gasteiger partial charge in [-0.15, -0.1) is 0 Å². The monoisotopic (exact) mass is 297 g/mol. The van der Waals surface area contributed by atoms with E-state index in [2.05, 4.69) is 5.32 Å². The van der Waals surface area contributed by atoms with Gasteiger partial charge in [-0.05, 0) is 31.6 Å². The molecule has 0 aromatic carbocycles. The predicted molar refractivity (Wildman–Crippen MR) is 75.3 cm³/mol. The Kier molecular flexibility index (Phi) is 4.69. The second-order valence-corrected chi connectivity index (χ2v) is 6.34. The maximum Gasteiger partial charge on any atom is 0.317 e. The fourth-order valence-electron chi connectivity index (χ4n) is 3.33. The standard InChI is InChI=1S/C14H23N3O4/c1-8-4-10(13(19)20)7-17(6-8)14(21)16-11-3-2-9(5-11)12(15)18/h8-11H,2-7H2,1H3,(H2,15,18)(H,16,21)(H,19,20)/t8?,9-,10?,11+/m0/s1. The number of aliphatic carboxylic acids is 1. The van der Waals surface area contributed by atoms with E-state index >= 15 is 0 Å². The highest BCUT2D eigenvalue weighted by Gasteiger charge is 2.34. The van der Waals surface area contributed by atoms with E-state index in [1.165, 1.54) is 0 Å². The average Bonchev–Trinajstić information content (AvgIpc) is 2.86. The minimum absolute atomic E-state index is 0.0458. The molecule has 4 atom stereocenters. The summed E-state index contributed by atoms with van der Waals surface area (Å²) < 4.78 is 0. The molecule has 1 aliphatic heterocycles. The molecule has 0 aromatic heterocycles. The third kappa shape index (κ3) is 3.86. The van der Waals surface area contributed by atoms with E-state index in [4.69, 9.17) is 10.8 Å². The first-order chi connectivity index (χ1) is 9.86. The molecular weight excluding hydrogens is 274 g/mol. The van der Waals surface area contributed by atoms with E-state index in [1.54, 1.807) is 4.90 Å². The quantitative estimate of drug-likeness (QED) is 0.699. The van der Waals surface area contributed by atoms with Gasteiger partial charge in [0.15, 0.2) is 0 Å². The highest BCUT2D eigenvalue weighted by Crippen LogP contribution is 2.26. The Hall–Kier alpha value is -1.79. The van der Waals surface area contributed by atoms with Crippen LogP contribution in [0.2, 0.25) is 0 Å². The molecule has 1 saturated carbocycles. The number of carbonyl (C=O) groups is 3. The average molecular weight is 297 g/mol. The van der Waals surface area contributed by atoms with Crippen molar-refractivity contribution in [2.24, 2.45) is 23.5 Å². The number of piperidine rings is 1. The van der Waals surface area contributed by atoms with Crippen molar-refractivity contribution in [1.29, 1.82) is 0 Å². The summed E-state index contributed by atoms with van der Waals surface area (Å²) in [6.45, 7) is 2.77. The van der Waals surface area contributed by atoms with Crippen LogP contribution in [0, 0.1) is 17.8 Å². The maximum absolute atomic E-state index is 12.3. The first kappa shape index (κ1) is 15.6. The molecule has 3 amide bonds. The van der Waals surface area contributed by atoms with E-state index < -0.39 is 11.9 Å². The van der Waals surface area contributed by atoms with Gasteiger partial charge in [-0.25, -0.2) is 4.79 Å². The number of carbonyl (C=O) groups excluding carboxylic acids is 2. The van der Waals surface area contributed by atoms with Crippen molar-refractivity contribution in [2.75, 3.05) is 13.1 Å². The normalized spacial score (nSPS) is 32.7. The van der Waals surface area contributed by atoms with E-state index in [0.29, 0.717) is 25.8 Å². The number of amides is 3. The Labute approximate surface area is 123 Å². The largest absolute Gasteiger partial charge is 0.481 e. The third-order valence-corrected chi connectivity index (χ3v) is 4.46. The van der Waals surface area contributed by atoms with Gasteiger partial charge < -0.3 is 21.1 Å². The number of nitrogens with two attached hydrogens (primary N) is 1. The maximum atomic E-state index is 12.3. The molecule has 0 radical (unpaired) electrons. The zero-order valence-electron chi connectivity index (χ0n) is 12.2. The summed E-state index contributed by atoms with van der Waals surface area (Å²) in [5, 5.41) is 12.0. The van der Waals surface area contributed by atoms with Gasteiger partial charge in [-0.1, -0.05) is 6.92 Å². The number of likely N-dealkylation sites (tertiary alicyclic amines) is 1. The van der Waals surface area contributed by atoms with Gasteiger partial charge >= 0.3 is 12.0 Å². The number of carboxylic acids is 1. The van der Waals surface area contributed by atoms with Crippen molar-refractivity contribution in [2.45, 2.75) is 38.6 Å². The van der Waals surface area contributed by atoms with Gasteiger partial charge in [-0.3, -0.25) is 9.59 Å². The van der Waals surface area contributed by atoms with Crippen LogP contribution < -0.4 is 11.1 Å². The third-order valence-electron chi connectivity index (χ3n) is 4.46. The summed E-state index contributed by atoms with van der Waals surface area (Å²) >= 11 is 0. The van der Waals surface area contributed by atoms with Crippen molar-refractivity contribution in [3.05, 3.63) is 0 Å². The molecule has 0 aromatic rings. The molecule has 0 bridgehead atoms. The van der Waals surface area contributed by atoms with Crippen LogP contribution in [0.15, 0.2) is 0 Å². The van der Waals surface area contributed by atoms with E-state index in [-0.39, 0.29) is 36.4 Å². The molecule has 2 aliphatic rings. The van der Waals surface area contributed by atoms with E-state index in [9.17, 15) is 14.4 Å². The summed E-state index contributed by atoms with van der Waals surface area (Å²) in [6.07, 6.45) is 2.62. The zero-order valence-corrected chi connectivity index (χ0v) is 12.2. The van der Waals surface area contributed by atoms with Gasteiger partial charge in [-0.2, -0.15) is 0 Å². The van der Waals surface area contributed by atoms with Gasteiger partial charge in [0, 0.05) is 25.0 Å². The highest BCUT2D eigenvalue weighted by atomic mass is 16.4. The molecule has 1 heterocycles. The lowest BCUT2D eigenvalue weighted by molar-refractivity contribution is -0.143. The molecule has 118 valence electrons. The molecule has 2 fully saturated rings. The molecule has 1 saturated heterocycles. The molecule has 1 aliphatic carbocycles. The first-order valence-electron chi connectivity index (χ1n) is 7.44. The van der Waals surface area contributed by atoms with E-state index in [0.717, 1.165) is 6.42 Å². The summed E-state index contributed by atoms with van der Waals surface area (Å²) in [4.78, 5) is 36.1. The van der Waals surface area contributed by atoms with Crippen LogP contribution in [0.4, 0.5) is 4.79 Å². The SMILES string of the molecule is CC1CC(C(=O)O)CN(C(=O)N[C@@H]2CC[C@H](C(N)=O)C2)C1. The Morgan fingerprint density at radius 2 is 1.86 bits per heavy atom. The van der Waals surface area contributed by atoms with Crippen LogP contribution in [0.3, 0.4) is 0 Å². The highest BCUT2D eigenvalue weighted by molar-refractivity contribution is 5.78. The molecule has 0 spiro atoms. The molecule has 2 unspecified atom stereocenters. The van der Waals surface area contributed by atoms with Crippen LogP contribution in [0.1, 0.15) is 32.6 Å². The first-order valence-corrected chi connectivity index (χ1v) is 7.44. The van der Waals surface area contributed by atoms with Gasteiger partial charge in [0.05, 0.1) is 5.92 Å². The van der Waals surface area contributed by atoms with Crippen LogP contribution in [-0.2, 0) is 9.59 Å². The molecule has 7 heteroatoms. The summed E-state index contributed by atoms with van der Waals surface area (Å²) in [5.41, 5.74) is 5.28. The number of rotatable bonds is 3. The van der Waals surface area contributed by atoms with Gasteiger partial charge in [0.25, 0.3) is 0 Å². The Bertz CT molecular complexity index is 440. The molecule has 21 heavy (non-hydrogen) atoms. The van der Waals surface area contributed by atoms with E-state index in [1.807, 2.05) is 6.92 Å². The van der Waals surface area contributed by atoms with Crippen LogP contribution in [0.25, 0.3) is 0 Å². The number of hydrogen-bond donors (Lipinski definition) is 3. The Morgan fingerprint density at radius 3 is 2.43 bits per heavy atom. The van der Waals surface area contributed by atoms with Crippen LogP contribution >= 0.6 is 0 Å².